The first-order valence-corrected chi connectivity index (χ1v) is 5.94. The lowest BCUT2D eigenvalue weighted by atomic mass is 10.5. The summed E-state index contributed by atoms with van der Waals surface area (Å²) in [6.45, 7) is 9.41. The Hall–Kier alpha value is -0.810. The van der Waals surface area contributed by atoms with Crippen LogP contribution in [0.5, 0.6) is 0 Å². The summed E-state index contributed by atoms with van der Waals surface area (Å²) in [6.07, 6.45) is 0. The Morgan fingerprint density at radius 3 is 2.62 bits per heavy atom. The van der Waals surface area contributed by atoms with Crippen LogP contribution in [0.25, 0.3) is 0 Å². The van der Waals surface area contributed by atoms with Gasteiger partial charge in [-0.1, -0.05) is 6.92 Å². The third-order valence-corrected chi connectivity index (χ3v) is 2.23. The minimum atomic E-state index is 0.694. The molecule has 0 radical (unpaired) electrons. The lowest BCUT2D eigenvalue weighted by Gasteiger charge is -2.14. The van der Waals surface area contributed by atoms with E-state index in [1.54, 1.807) is 7.11 Å². The number of guanidine groups is 1. The fraction of sp³-hybridized carbons (Fsp3) is 0.909. The van der Waals surface area contributed by atoms with E-state index in [0.29, 0.717) is 6.61 Å². The molecule has 0 aliphatic carbocycles. The number of likely N-dealkylation sites (N-methyl/N-ethyl adjacent to an activating group) is 1. The van der Waals surface area contributed by atoms with Crippen molar-refractivity contribution in [1.29, 1.82) is 0 Å². The maximum absolute atomic E-state index is 4.98. The van der Waals surface area contributed by atoms with Crippen molar-refractivity contribution in [1.82, 2.24) is 15.5 Å². The van der Waals surface area contributed by atoms with Crippen molar-refractivity contribution in [2.45, 2.75) is 13.8 Å². The molecule has 0 rings (SSSR count). The van der Waals surface area contributed by atoms with Crippen molar-refractivity contribution in [3.8, 4) is 0 Å². The molecule has 0 spiro atoms. The van der Waals surface area contributed by atoms with Gasteiger partial charge in [-0.25, -0.2) is 0 Å². The molecule has 0 amide bonds. The zero-order valence-corrected chi connectivity index (χ0v) is 11.0. The van der Waals surface area contributed by atoms with Gasteiger partial charge >= 0.3 is 0 Å². The average Bonchev–Trinajstić information content (AvgIpc) is 2.29. The standard InChI is InChI=1S/C11H26N4O/c1-5-12-11(14-8-10-16-4)13-7-9-15(3)6-2/h5-10H2,1-4H3,(H2,12,13,14). The predicted octanol–water partition coefficient (Wildman–Crippen LogP) is 0.140. The number of aliphatic imine (C=N–C) groups is 1. The van der Waals surface area contributed by atoms with E-state index >= 15 is 0 Å². The lowest BCUT2D eigenvalue weighted by molar-refractivity contribution is 0.203. The molecule has 0 aliphatic rings. The summed E-state index contributed by atoms with van der Waals surface area (Å²) in [6, 6.07) is 0. The second-order valence-electron chi connectivity index (χ2n) is 3.58. The molecule has 5 heteroatoms. The molecule has 0 saturated heterocycles. The molecule has 2 N–H and O–H groups in total. The van der Waals surface area contributed by atoms with Crippen LogP contribution < -0.4 is 10.6 Å². The summed E-state index contributed by atoms with van der Waals surface area (Å²) >= 11 is 0. The van der Waals surface area contributed by atoms with Gasteiger partial charge in [0.2, 0.25) is 0 Å². The summed E-state index contributed by atoms with van der Waals surface area (Å²) in [5.74, 6) is 0.865. The second kappa shape index (κ2) is 10.7. The Balaban J connectivity index is 3.83. The third kappa shape index (κ3) is 8.49. The molecule has 5 nitrogen and oxygen atoms in total. The van der Waals surface area contributed by atoms with E-state index in [9.17, 15) is 0 Å². The smallest absolute Gasteiger partial charge is 0.191 e. The maximum atomic E-state index is 4.98. The summed E-state index contributed by atoms with van der Waals surface area (Å²) < 4.78 is 4.98. The SMILES string of the molecule is CCNC(=NCCN(C)CC)NCCOC. The van der Waals surface area contributed by atoms with Crippen LogP contribution in [-0.4, -0.2) is 64.3 Å². The molecule has 0 aromatic carbocycles. The number of methoxy groups -OCH3 is 1. The predicted molar refractivity (Wildman–Crippen MR) is 69.0 cm³/mol. The molecular weight excluding hydrogens is 204 g/mol. The van der Waals surface area contributed by atoms with E-state index in [1.165, 1.54) is 0 Å². The van der Waals surface area contributed by atoms with Gasteiger partial charge in [-0.15, -0.1) is 0 Å². The van der Waals surface area contributed by atoms with Gasteiger partial charge in [-0.2, -0.15) is 0 Å². The van der Waals surface area contributed by atoms with Crippen molar-refractivity contribution in [2.24, 2.45) is 4.99 Å². The molecule has 0 fully saturated rings. The molecule has 0 aromatic rings. The molecule has 0 unspecified atom stereocenters. The van der Waals surface area contributed by atoms with Gasteiger partial charge in [0.25, 0.3) is 0 Å². The van der Waals surface area contributed by atoms with Crippen LogP contribution in [0, 0.1) is 0 Å². The molecule has 16 heavy (non-hydrogen) atoms. The van der Waals surface area contributed by atoms with Crippen LogP contribution in [0.15, 0.2) is 4.99 Å². The Labute approximate surface area is 99.3 Å². The first kappa shape index (κ1) is 15.2. The highest BCUT2D eigenvalue weighted by Crippen LogP contribution is 1.81. The van der Waals surface area contributed by atoms with Gasteiger partial charge in [-0.3, -0.25) is 4.99 Å². The first-order valence-electron chi connectivity index (χ1n) is 5.94. The Morgan fingerprint density at radius 1 is 1.31 bits per heavy atom. The monoisotopic (exact) mass is 230 g/mol. The molecular formula is C11H26N4O. The fourth-order valence-electron chi connectivity index (χ4n) is 1.10. The summed E-state index contributed by atoms with van der Waals surface area (Å²) in [5.41, 5.74) is 0. The summed E-state index contributed by atoms with van der Waals surface area (Å²) in [4.78, 5) is 6.71. The first-order chi connectivity index (χ1) is 7.74. The lowest BCUT2D eigenvalue weighted by Crippen LogP contribution is -2.39. The topological polar surface area (TPSA) is 48.9 Å². The Bertz CT molecular complexity index is 185. The van der Waals surface area contributed by atoms with Crippen LogP contribution >= 0.6 is 0 Å². The van der Waals surface area contributed by atoms with E-state index < -0.39 is 0 Å². The molecule has 0 aliphatic heterocycles. The number of nitrogens with one attached hydrogen (secondary N) is 2. The highest BCUT2D eigenvalue weighted by Gasteiger charge is 1.96. The van der Waals surface area contributed by atoms with E-state index in [-0.39, 0.29) is 0 Å². The number of hydrogen-bond acceptors (Lipinski definition) is 3. The van der Waals surface area contributed by atoms with Gasteiger partial charge in [0.05, 0.1) is 13.2 Å². The minimum absolute atomic E-state index is 0.694. The van der Waals surface area contributed by atoms with Crippen molar-refractivity contribution in [2.75, 3.05) is 53.5 Å². The van der Waals surface area contributed by atoms with Gasteiger partial charge in [0, 0.05) is 26.7 Å². The van der Waals surface area contributed by atoms with Crippen LogP contribution in [0.4, 0.5) is 0 Å². The third-order valence-electron chi connectivity index (χ3n) is 2.23. The van der Waals surface area contributed by atoms with E-state index in [1.807, 2.05) is 0 Å². The zero-order valence-electron chi connectivity index (χ0n) is 11.0. The van der Waals surface area contributed by atoms with Crippen molar-refractivity contribution in [3.63, 3.8) is 0 Å². The molecule has 0 heterocycles. The van der Waals surface area contributed by atoms with Crippen LogP contribution in [0.1, 0.15) is 13.8 Å². The highest BCUT2D eigenvalue weighted by atomic mass is 16.5. The minimum Gasteiger partial charge on any atom is -0.383 e. The number of rotatable bonds is 8. The molecule has 0 saturated carbocycles. The zero-order chi connectivity index (χ0) is 12.2. The van der Waals surface area contributed by atoms with Gasteiger partial charge in [-0.05, 0) is 20.5 Å². The maximum Gasteiger partial charge on any atom is 0.191 e. The normalized spacial score (nSPS) is 11.9. The van der Waals surface area contributed by atoms with Gasteiger partial charge in [0.15, 0.2) is 5.96 Å². The number of ether oxygens (including phenoxy) is 1. The van der Waals surface area contributed by atoms with Crippen molar-refractivity contribution in [3.05, 3.63) is 0 Å². The fourth-order valence-corrected chi connectivity index (χ4v) is 1.10. The molecule has 0 bridgehead atoms. The Kier molecular flexibility index (Phi) is 10.2. The van der Waals surface area contributed by atoms with Crippen molar-refractivity contribution >= 4 is 5.96 Å². The number of nitrogens with zero attached hydrogens (tertiary/aromatic N) is 2. The molecule has 0 aromatic heterocycles. The van der Waals surface area contributed by atoms with Crippen LogP contribution in [0.2, 0.25) is 0 Å². The van der Waals surface area contributed by atoms with Crippen LogP contribution in [-0.2, 0) is 4.74 Å². The van der Waals surface area contributed by atoms with Crippen LogP contribution in [0.3, 0.4) is 0 Å². The average molecular weight is 230 g/mol. The summed E-state index contributed by atoms with van der Waals surface area (Å²) in [5, 5.41) is 6.41. The highest BCUT2D eigenvalue weighted by molar-refractivity contribution is 5.79. The van der Waals surface area contributed by atoms with Crippen molar-refractivity contribution < 1.29 is 4.74 Å². The molecule has 96 valence electrons. The Morgan fingerprint density at radius 2 is 2.06 bits per heavy atom. The quantitative estimate of drug-likeness (QED) is 0.354. The molecule has 0 atom stereocenters. The van der Waals surface area contributed by atoms with Gasteiger partial charge in [0.1, 0.15) is 0 Å². The summed E-state index contributed by atoms with van der Waals surface area (Å²) in [7, 11) is 3.79. The van der Waals surface area contributed by atoms with E-state index in [4.69, 9.17) is 4.74 Å². The largest absolute Gasteiger partial charge is 0.383 e. The van der Waals surface area contributed by atoms with E-state index in [2.05, 4.69) is 41.4 Å². The van der Waals surface area contributed by atoms with E-state index in [0.717, 1.165) is 38.7 Å². The number of hydrogen-bond donors (Lipinski definition) is 2. The second-order valence-corrected chi connectivity index (χ2v) is 3.58. The van der Waals surface area contributed by atoms with Gasteiger partial charge < -0.3 is 20.3 Å².